The zero-order chi connectivity index (χ0) is 17.5. The summed E-state index contributed by atoms with van der Waals surface area (Å²) >= 11 is 6.40. The highest BCUT2D eigenvalue weighted by molar-refractivity contribution is 6.31. The Hall–Kier alpha value is -1.82. The monoisotopic (exact) mass is 350 g/mol. The number of halogens is 1. The molecule has 0 spiro atoms. The predicted molar refractivity (Wildman–Crippen MR) is 94.9 cm³/mol. The Morgan fingerprint density at radius 3 is 2.42 bits per heavy atom. The molecule has 2 aromatic rings. The molecule has 1 atom stereocenters. The lowest BCUT2D eigenvalue weighted by molar-refractivity contribution is 0.0999. The Morgan fingerprint density at radius 2 is 1.83 bits per heavy atom. The zero-order valence-electron chi connectivity index (χ0n) is 14.5. The van der Waals surface area contributed by atoms with Crippen molar-refractivity contribution < 1.29 is 14.2 Å². The van der Waals surface area contributed by atoms with Gasteiger partial charge in [-0.1, -0.05) is 17.7 Å². The first-order valence-corrected chi connectivity index (χ1v) is 7.99. The molecule has 0 aliphatic heterocycles. The van der Waals surface area contributed by atoms with Gasteiger partial charge in [0.2, 0.25) is 0 Å². The minimum absolute atomic E-state index is 0.0281. The van der Waals surface area contributed by atoms with Gasteiger partial charge >= 0.3 is 0 Å². The van der Waals surface area contributed by atoms with Crippen LogP contribution in [0.4, 0.5) is 0 Å². The Morgan fingerprint density at radius 1 is 1.12 bits per heavy atom. The molecule has 0 aliphatic rings. The highest BCUT2D eigenvalue weighted by Crippen LogP contribution is 2.34. The number of benzene rings is 1. The van der Waals surface area contributed by atoms with Gasteiger partial charge in [-0.15, -0.1) is 0 Å². The standard InChI is InChI=1S/C18H23ClN2O3/c1-21(16(12-22-2)15-7-5-6-8-20-15)11-13-9-17(23-3)18(24-4)10-14(13)19/h5-10,16H,11-12H2,1-4H3/t16-/m1/s1. The van der Waals surface area contributed by atoms with Gasteiger partial charge in [0, 0.05) is 30.9 Å². The van der Waals surface area contributed by atoms with E-state index in [1.54, 1.807) is 33.6 Å². The smallest absolute Gasteiger partial charge is 0.162 e. The van der Waals surface area contributed by atoms with Crippen LogP contribution in [0.3, 0.4) is 0 Å². The molecule has 0 aliphatic carbocycles. The molecule has 0 bridgehead atoms. The summed E-state index contributed by atoms with van der Waals surface area (Å²) in [5.41, 5.74) is 1.91. The van der Waals surface area contributed by atoms with Gasteiger partial charge < -0.3 is 14.2 Å². The first-order valence-electron chi connectivity index (χ1n) is 7.61. The first kappa shape index (κ1) is 18.5. The van der Waals surface area contributed by atoms with Gasteiger partial charge in [0.25, 0.3) is 0 Å². The maximum Gasteiger partial charge on any atom is 0.162 e. The fourth-order valence-corrected chi connectivity index (χ4v) is 2.78. The van der Waals surface area contributed by atoms with Crippen LogP contribution in [-0.4, -0.2) is 44.9 Å². The van der Waals surface area contributed by atoms with Crippen LogP contribution in [0.1, 0.15) is 17.3 Å². The van der Waals surface area contributed by atoms with Crippen LogP contribution in [0, 0.1) is 0 Å². The lowest BCUT2D eigenvalue weighted by Crippen LogP contribution is -2.28. The fraction of sp³-hybridized carbons (Fsp3) is 0.389. The van der Waals surface area contributed by atoms with Crippen molar-refractivity contribution in [2.75, 3.05) is 35.0 Å². The molecule has 6 heteroatoms. The van der Waals surface area contributed by atoms with E-state index in [0.29, 0.717) is 29.7 Å². The molecule has 0 N–H and O–H groups in total. The first-order chi connectivity index (χ1) is 11.6. The second-order valence-electron chi connectivity index (χ2n) is 5.44. The molecule has 0 fully saturated rings. The van der Waals surface area contributed by atoms with Crippen LogP contribution in [0.25, 0.3) is 0 Å². The third-order valence-corrected chi connectivity index (χ3v) is 4.21. The summed E-state index contributed by atoms with van der Waals surface area (Å²) in [7, 11) is 6.91. The van der Waals surface area contributed by atoms with E-state index in [-0.39, 0.29) is 6.04 Å². The number of hydrogen-bond acceptors (Lipinski definition) is 5. The number of methoxy groups -OCH3 is 3. The quantitative estimate of drug-likeness (QED) is 0.728. The Balaban J connectivity index is 2.25. The number of likely N-dealkylation sites (N-methyl/N-ethyl adjacent to an activating group) is 1. The maximum absolute atomic E-state index is 6.40. The van der Waals surface area contributed by atoms with Gasteiger partial charge in [-0.25, -0.2) is 0 Å². The second-order valence-corrected chi connectivity index (χ2v) is 5.85. The minimum Gasteiger partial charge on any atom is -0.493 e. The third-order valence-electron chi connectivity index (χ3n) is 3.86. The van der Waals surface area contributed by atoms with E-state index in [2.05, 4.69) is 9.88 Å². The summed E-state index contributed by atoms with van der Waals surface area (Å²) in [6, 6.07) is 9.58. The summed E-state index contributed by atoms with van der Waals surface area (Å²) in [5, 5.41) is 0.636. The van der Waals surface area contributed by atoms with Crippen molar-refractivity contribution in [1.29, 1.82) is 0 Å². The summed E-state index contributed by atoms with van der Waals surface area (Å²) in [6.07, 6.45) is 1.79. The van der Waals surface area contributed by atoms with E-state index in [1.165, 1.54) is 0 Å². The van der Waals surface area contributed by atoms with E-state index in [4.69, 9.17) is 25.8 Å². The number of hydrogen-bond donors (Lipinski definition) is 0. The Bertz CT molecular complexity index is 652. The largest absolute Gasteiger partial charge is 0.493 e. The molecule has 0 saturated heterocycles. The van der Waals surface area contributed by atoms with E-state index in [1.807, 2.05) is 31.3 Å². The lowest BCUT2D eigenvalue weighted by atomic mass is 10.1. The fourth-order valence-electron chi connectivity index (χ4n) is 2.57. The van der Waals surface area contributed by atoms with E-state index < -0.39 is 0 Å². The van der Waals surface area contributed by atoms with E-state index in [0.717, 1.165) is 11.3 Å². The third kappa shape index (κ3) is 4.38. The second kappa shape index (κ2) is 8.87. The van der Waals surface area contributed by atoms with Crippen LogP contribution in [0.15, 0.2) is 36.5 Å². The van der Waals surface area contributed by atoms with Crippen molar-refractivity contribution in [3.05, 3.63) is 52.8 Å². The number of pyridine rings is 1. The van der Waals surface area contributed by atoms with Gasteiger partial charge in [0.1, 0.15) is 0 Å². The Labute approximate surface area is 148 Å². The molecule has 1 aromatic heterocycles. The highest BCUT2D eigenvalue weighted by Gasteiger charge is 2.20. The van der Waals surface area contributed by atoms with Gasteiger partial charge in [-0.3, -0.25) is 9.88 Å². The van der Waals surface area contributed by atoms with Crippen molar-refractivity contribution >= 4 is 11.6 Å². The van der Waals surface area contributed by atoms with Crippen molar-refractivity contribution in [3.8, 4) is 11.5 Å². The SMILES string of the molecule is COC[C@H](c1ccccn1)N(C)Cc1cc(OC)c(OC)cc1Cl. The van der Waals surface area contributed by atoms with E-state index >= 15 is 0 Å². The number of ether oxygens (including phenoxy) is 3. The summed E-state index contributed by atoms with van der Waals surface area (Å²) in [4.78, 5) is 6.60. The number of aromatic nitrogens is 1. The molecule has 0 saturated carbocycles. The van der Waals surface area contributed by atoms with Crippen molar-refractivity contribution in [3.63, 3.8) is 0 Å². The molecule has 2 rings (SSSR count). The molecule has 24 heavy (non-hydrogen) atoms. The van der Waals surface area contributed by atoms with Gasteiger partial charge in [-0.2, -0.15) is 0 Å². The topological polar surface area (TPSA) is 43.8 Å². The molecule has 5 nitrogen and oxygen atoms in total. The normalized spacial score (nSPS) is 12.2. The van der Waals surface area contributed by atoms with E-state index in [9.17, 15) is 0 Å². The average molecular weight is 351 g/mol. The number of nitrogens with zero attached hydrogens (tertiary/aromatic N) is 2. The molecule has 1 aromatic carbocycles. The van der Waals surface area contributed by atoms with Crippen molar-refractivity contribution in [2.45, 2.75) is 12.6 Å². The molecule has 130 valence electrons. The molecular formula is C18H23ClN2O3. The molecule has 0 radical (unpaired) electrons. The van der Waals surface area contributed by atoms with Crippen molar-refractivity contribution in [1.82, 2.24) is 9.88 Å². The van der Waals surface area contributed by atoms with Crippen molar-refractivity contribution in [2.24, 2.45) is 0 Å². The number of rotatable bonds is 8. The van der Waals surface area contributed by atoms with Crippen LogP contribution in [-0.2, 0) is 11.3 Å². The summed E-state index contributed by atoms with van der Waals surface area (Å²) in [5.74, 6) is 1.28. The van der Waals surface area contributed by atoms with Gasteiger partial charge in [0.15, 0.2) is 11.5 Å². The maximum atomic E-state index is 6.40. The highest BCUT2D eigenvalue weighted by atomic mass is 35.5. The average Bonchev–Trinajstić information content (AvgIpc) is 2.61. The van der Waals surface area contributed by atoms with Gasteiger partial charge in [0.05, 0.1) is 32.6 Å². The predicted octanol–water partition coefficient (Wildman–Crippen LogP) is 3.57. The van der Waals surface area contributed by atoms with Crippen LogP contribution < -0.4 is 9.47 Å². The zero-order valence-corrected chi connectivity index (χ0v) is 15.2. The summed E-state index contributed by atoms with van der Waals surface area (Å²) in [6.45, 7) is 1.17. The Kier molecular flexibility index (Phi) is 6.85. The van der Waals surface area contributed by atoms with Crippen LogP contribution >= 0.6 is 11.6 Å². The lowest BCUT2D eigenvalue weighted by Gasteiger charge is -2.27. The molecule has 1 heterocycles. The molecule has 0 unspecified atom stereocenters. The van der Waals surface area contributed by atoms with Gasteiger partial charge in [-0.05, 0) is 30.8 Å². The molecule has 0 amide bonds. The van der Waals surface area contributed by atoms with Crippen LogP contribution in [0.2, 0.25) is 5.02 Å². The van der Waals surface area contributed by atoms with Crippen LogP contribution in [0.5, 0.6) is 11.5 Å². The molecular weight excluding hydrogens is 328 g/mol. The summed E-state index contributed by atoms with van der Waals surface area (Å²) < 4.78 is 16.0. The minimum atomic E-state index is 0.0281.